The number of carbonyl (C=O) groups excluding carboxylic acids is 2. The lowest BCUT2D eigenvalue weighted by Gasteiger charge is -2.30. The molecule has 0 bridgehead atoms. The van der Waals surface area contributed by atoms with Crippen molar-refractivity contribution < 1.29 is 9.59 Å². The van der Waals surface area contributed by atoms with E-state index in [1.165, 1.54) is 0 Å². The Kier molecular flexibility index (Phi) is 7.31. The monoisotopic (exact) mass is 366 g/mol. The topological polar surface area (TPSA) is 49.4 Å². The summed E-state index contributed by atoms with van der Waals surface area (Å²) in [6.45, 7) is 11.7. The molecule has 2 aromatic carbocycles. The van der Waals surface area contributed by atoms with Gasteiger partial charge in [0.15, 0.2) is 5.78 Å². The predicted molar refractivity (Wildman–Crippen MR) is 111 cm³/mol. The lowest BCUT2D eigenvalue weighted by Crippen LogP contribution is -2.42. The number of nitrogens with zero attached hydrogens (tertiary/aromatic N) is 1. The zero-order chi connectivity index (χ0) is 20.0. The molecule has 4 nitrogen and oxygen atoms in total. The van der Waals surface area contributed by atoms with E-state index in [9.17, 15) is 9.59 Å². The second-order valence-electron chi connectivity index (χ2n) is 7.40. The van der Waals surface area contributed by atoms with Gasteiger partial charge in [0.05, 0.1) is 0 Å². The first-order valence-electron chi connectivity index (χ1n) is 9.55. The number of rotatable bonds is 8. The fourth-order valence-electron chi connectivity index (χ4n) is 3.27. The van der Waals surface area contributed by atoms with Crippen LogP contribution in [0.2, 0.25) is 0 Å². The molecule has 0 saturated heterocycles. The first-order chi connectivity index (χ1) is 12.8. The minimum Gasteiger partial charge on any atom is -0.351 e. The molecule has 0 aliphatic rings. The van der Waals surface area contributed by atoms with Crippen molar-refractivity contribution >= 4 is 11.7 Å². The van der Waals surface area contributed by atoms with Gasteiger partial charge in [0.25, 0.3) is 5.91 Å². The summed E-state index contributed by atoms with van der Waals surface area (Å²) >= 11 is 0. The van der Waals surface area contributed by atoms with Crippen LogP contribution in [-0.4, -0.2) is 41.8 Å². The van der Waals surface area contributed by atoms with Crippen LogP contribution in [-0.2, 0) is 0 Å². The average molecular weight is 367 g/mol. The van der Waals surface area contributed by atoms with Gasteiger partial charge >= 0.3 is 0 Å². The van der Waals surface area contributed by atoms with Crippen LogP contribution in [0.5, 0.6) is 0 Å². The van der Waals surface area contributed by atoms with Crippen LogP contribution in [0.1, 0.15) is 55.3 Å². The van der Waals surface area contributed by atoms with Gasteiger partial charge in [-0.15, -0.1) is 0 Å². The number of nitrogens with one attached hydrogen (secondary N) is 1. The van der Waals surface area contributed by atoms with Crippen molar-refractivity contribution in [3.8, 4) is 11.1 Å². The number of hydrogen-bond donors (Lipinski definition) is 1. The molecule has 0 unspecified atom stereocenters. The number of hydrogen-bond acceptors (Lipinski definition) is 3. The number of benzene rings is 2. The third kappa shape index (κ3) is 5.76. The van der Waals surface area contributed by atoms with Crippen molar-refractivity contribution in [1.29, 1.82) is 0 Å². The van der Waals surface area contributed by atoms with E-state index in [0.29, 0.717) is 29.8 Å². The molecule has 0 heterocycles. The van der Waals surface area contributed by atoms with Crippen molar-refractivity contribution in [2.24, 2.45) is 0 Å². The maximum absolute atomic E-state index is 12.5. The predicted octanol–water partition coefficient (Wildman–Crippen LogP) is 4.40. The lowest BCUT2D eigenvalue weighted by molar-refractivity contribution is 0.0938. The summed E-state index contributed by atoms with van der Waals surface area (Å²) in [5, 5.41) is 3.01. The molecule has 0 aromatic heterocycles. The zero-order valence-electron chi connectivity index (χ0n) is 17.0. The lowest BCUT2D eigenvalue weighted by atomic mass is 10.00. The van der Waals surface area contributed by atoms with Crippen LogP contribution in [0.3, 0.4) is 0 Å². The molecule has 0 spiro atoms. The van der Waals surface area contributed by atoms with Gasteiger partial charge in [0.2, 0.25) is 0 Å². The van der Waals surface area contributed by atoms with Gasteiger partial charge < -0.3 is 5.32 Å². The Balaban J connectivity index is 2.07. The second kappa shape index (κ2) is 9.47. The molecule has 4 heteroatoms. The summed E-state index contributed by atoms with van der Waals surface area (Å²) in [4.78, 5) is 26.5. The highest BCUT2D eigenvalue weighted by atomic mass is 16.1. The summed E-state index contributed by atoms with van der Waals surface area (Å²) < 4.78 is 0. The minimum absolute atomic E-state index is 0.0330. The summed E-state index contributed by atoms with van der Waals surface area (Å²) in [5.74, 6) is -0.0439. The molecular formula is C23H30N2O2. The van der Waals surface area contributed by atoms with Crippen molar-refractivity contribution in [2.45, 2.75) is 46.7 Å². The molecule has 27 heavy (non-hydrogen) atoms. The van der Waals surface area contributed by atoms with E-state index in [2.05, 4.69) is 37.9 Å². The normalized spacial score (nSPS) is 11.3. The van der Waals surface area contributed by atoms with E-state index in [1.54, 1.807) is 13.0 Å². The van der Waals surface area contributed by atoms with Gasteiger partial charge in [-0.2, -0.15) is 0 Å². The van der Waals surface area contributed by atoms with Crippen LogP contribution >= 0.6 is 0 Å². The first kappa shape index (κ1) is 20.8. The molecule has 1 N–H and O–H groups in total. The summed E-state index contributed by atoms with van der Waals surface area (Å²) in [6.07, 6.45) is 0. The van der Waals surface area contributed by atoms with Gasteiger partial charge in [-0.1, -0.05) is 30.3 Å². The zero-order valence-corrected chi connectivity index (χ0v) is 17.0. The maximum atomic E-state index is 12.5. The highest BCUT2D eigenvalue weighted by molar-refractivity contribution is 5.97. The SMILES string of the molecule is CC(=O)c1cccc(-c2cccc(C(=O)NCCN(C(C)C)C(C)C)c2)c1. The highest BCUT2D eigenvalue weighted by Gasteiger charge is 2.14. The Morgan fingerprint density at radius 3 is 1.93 bits per heavy atom. The largest absolute Gasteiger partial charge is 0.351 e. The maximum Gasteiger partial charge on any atom is 0.251 e. The van der Waals surface area contributed by atoms with E-state index >= 15 is 0 Å². The van der Waals surface area contributed by atoms with Crippen molar-refractivity contribution in [3.63, 3.8) is 0 Å². The van der Waals surface area contributed by atoms with E-state index in [1.807, 2.05) is 42.5 Å². The van der Waals surface area contributed by atoms with E-state index < -0.39 is 0 Å². The fourth-order valence-corrected chi connectivity index (χ4v) is 3.27. The van der Waals surface area contributed by atoms with Crippen LogP contribution < -0.4 is 5.32 Å². The quantitative estimate of drug-likeness (QED) is 0.704. The van der Waals surface area contributed by atoms with Gasteiger partial charge in [0, 0.05) is 36.3 Å². The third-order valence-corrected chi connectivity index (χ3v) is 4.71. The van der Waals surface area contributed by atoms with Crippen LogP contribution in [0.25, 0.3) is 11.1 Å². The molecule has 2 aromatic rings. The first-order valence-corrected chi connectivity index (χ1v) is 9.55. The molecule has 144 valence electrons. The molecule has 0 radical (unpaired) electrons. The molecular weight excluding hydrogens is 336 g/mol. The number of ketones is 1. The number of carbonyl (C=O) groups is 2. The van der Waals surface area contributed by atoms with Crippen LogP contribution in [0.4, 0.5) is 0 Å². The van der Waals surface area contributed by atoms with Crippen molar-refractivity contribution in [3.05, 3.63) is 59.7 Å². The Hall–Kier alpha value is -2.46. The molecule has 2 rings (SSSR count). The van der Waals surface area contributed by atoms with Crippen LogP contribution in [0.15, 0.2) is 48.5 Å². The Labute approximate surface area is 162 Å². The van der Waals surface area contributed by atoms with Crippen molar-refractivity contribution in [2.75, 3.05) is 13.1 Å². The molecule has 1 amide bonds. The standard InChI is InChI=1S/C23H30N2O2/c1-16(2)25(17(3)4)13-12-24-23(27)22-11-7-10-21(15-22)20-9-6-8-19(14-20)18(5)26/h6-11,14-17H,12-13H2,1-5H3,(H,24,27). The Morgan fingerprint density at radius 2 is 1.41 bits per heavy atom. The highest BCUT2D eigenvalue weighted by Crippen LogP contribution is 2.22. The van der Waals surface area contributed by atoms with E-state index in [4.69, 9.17) is 0 Å². The summed E-state index contributed by atoms with van der Waals surface area (Å²) in [5.41, 5.74) is 3.16. The van der Waals surface area contributed by atoms with E-state index in [0.717, 1.165) is 17.7 Å². The molecule has 0 saturated carbocycles. The third-order valence-electron chi connectivity index (χ3n) is 4.71. The number of amides is 1. The minimum atomic E-state index is -0.0768. The molecule has 0 aliphatic heterocycles. The Morgan fingerprint density at radius 1 is 0.889 bits per heavy atom. The Bertz CT molecular complexity index is 788. The number of Topliss-reactive ketones (excluding diaryl/α,β-unsaturated/α-hetero) is 1. The molecule has 0 atom stereocenters. The summed E-state index contributed by atoms with van der Waals surface area (Å²) in [6, 6.07) is 15.9. The van der Waals surface area contributed by atoms with Gasteiger partial charge in [-0.3, -0.25) is 14.5 Å². The average Bonchev–Trinajstić information content (AvgIpc) is 2.64. The van der Waals surface area contributed by atoms with Gasteiger partial charge in [0.1, 0.15) is 0 Å². The summed E-state index contributed by atoms with van der Waals surface area (Å²) in [7, 11) is 0. The fraction of sp³-hybridized carbons (Fsp3) is 0.391. The molecule has 0 aliphatic carbocycles. The second-order valence-corrected chi connectivity index (χ2v) is 7.40. The van der Waals surface area contributed by atoms with Gasteiger partial charge in [-0.25, -0.2) is 0 Å². The van der Waals surface area contributed by atoms with E-state index in [-0.39, 0.29) is 11.7 Å². The van der Waals surface area contributed by atoms with Crippen LogP contribution in [0, 0.1) is 0 Å². The van der Waals surface area contributed by atoms with Crippen molar-refractivity contribution in [1.82, 2.24) is 10.2 Å². The van der Waals surface area contributed by atoms with Gasteiger partial charge in [-0.05, 0) is 63.9 Å². The smallest absolute Gasteiger partial charge is 0.251 e. The molecule has 0 fully saturated rings.